The van der Waals surface area contributed by atoms with Crippen molar-refractivity contribution in [3.63, 3.8) is 0 Å². The lowest BCUT2D eigenvalue weighted by atomic mass is 10.2. The van der Waals surface area contributed by atoms with E-state index in [1.165, 1.54) is 12.8 Å². The van der Waals surface area contributed by atoms with Gasteiger partial charge in [0, 0.05) is 12.6 Å². The zero-order valence-corrected chi connectivity index (χ0v) is 10.2. The van der Waals surface area contributed by atoms with Crippen LogP contribution in [0.1, 0.15) is 43.1 Å². The number of amides is 1. The summed E-state index contributed by atoms with van der Waals surface area (Å²) in [5.41, 5.74) is 0.496. The predicted molar refractivity (Wildman–Crippen MR) is 68.1 cm³/mol. The maximum atomic E-state index is 12.0. The number of carbonyl (C=O) groups is 1. The van der Waals surface area contributed by atoms with E-state index in [0.29, 0.717) is 11.7 Å². The molecule has 0 saturated heterocycles. The Balaban J connectivity index is 1.99. The van der Waals surface area contributed by atoms with E-state index >= 15 is 0 Å². The Bertz CT molecular complexity index is 386. The molecule has 0 aliphatic heterocycles. The molecule has 92 valence electrons. The summed E-state index contributed by atoms with van der Waals surface area (Å²) in [6, 6.07) is 5.82. The molecule has 1 aliphatic rings. The molecule has 0 spiro atoms. The lowest BCUT2D eigenvalue weighted by Gasteiger charge is -2.11. The molecule has 0 unspecified atom stereocenters. The fourth-order valence-electron chi connectivity index (χ4n) is 2.17. The van der Waals surface area contributed by atoms with Gasteiger partial charge in [-0.3, -0.25) is 4.79 Å². The van der Waals surface area contributed by atoms with Crippen LogP contribution in [0.15, 0.2) is 18.2 Å². The van der Waals surface area contributed by atoms with Gasteiger partial charge in [0.15, 0.2) is 0 Å². The summed E-state index contributed by atoms with van der Waals surface area (Å²) >= 11 is 0. The molecule has 17 heavy (non-hydrogen) atoms. The van der Waals surface area contributed by atoms with E-state index in [9.17, 15) is 4.79 Å². The van der Waals surface area contributed by atoms with Crippen LogP contribution in [0, 0.1) is 0 Å². The second-order valence-electron chi connectivity index (χ2n) is 4.39. The molecule has 2 rings (SSSR count). The van der Waals surface area contributed by atoms with Crippen LogP contribution in [0.5, 0.6) is 0 Å². The molecule has 1 fully saturated rings. The van der Waals surface area contributed by atoms with Crippen LogP contribution in [-0.2, 0) is 0 Å². The highest BCUT2D eigenvalue weighted by atomic mass is 16.1. The van der Waals surface area contributed by atoms with Gasteiger partial charge in [-0.1, -0.05) is 18.9 Å². The van der Waals surface area contributed by atoms with Gasteiger partial charge in [0.1, 0.15) is 11.5 Å². The monoisotopic (exact) mass is 233 g/mol. The number of hydrogen-bond acceptors (Lipinski definition) is 3. The van der Waals surface area contributed by atoms with Crippen molar-refractivity contribution in [3.05, 3.63) is 23.9 Å². The number of carbonyl (C=O) groups excluding carboxylic acids is 1. The summed E-state index contributed by atoms with van der Waals surface area (Å²) < 4.78 is 0. The number of hydrogen-bond donors (Lipinski definition) is 2. The normalized spacial score (nSPS) is 15.8. The van der Waals surface area contributed by atoms with Gasteiger partial charge in [0.2, 0.25) is 0 Å². The average molecular weight is 233 g/mol. The van der Waals surface area contributed by atoms with Crippen LogP contribution in [0.2, 0.25) is 0 Å². The molecule has 1 saturated carbocycles. The Morgan fingerprint density at radius 3 is 2.88 bits per heavy atom. The highest BCUT2D eigenvalue weighted by molar-refractivity contribution is 5.92. The lowest BCUT2D eigenvalue weighted by molar-refractivity contribution is 0.0933. The molecule has 1 aliphatic carbocycles. The quantitative estimate of drug-likeness (QED) is 0.838. The van der Waals surface area contributed by atoms with Crippen molar-refractivity contribution in [2.45, 2.75) is 38.6 Å². The van der Waals surface area contributed by atoms with Gasteiger partial charge in [0.25, 0.3) is 5.91 Å². The fourth-order valence-corrected chi connectivity index (χ4v) is 2.17. The van der Waals surface area contributed by atoms with Crippen molar-refractivity contribution in [2.75, 3.05) is 11.9 Å². The van der Waals surface area contributed by atoms with Crippen molar-refractivity contribution in [1.29, 1.82) is 0 Å². The summed E-state index contributed by atoms with van der Waals surface area (Å²) in [5, 5.41) is 6.14. The Morgan fingerprint density at radius 2 is 2.18 bits per heavy atom. The van der Waals surface area contributed by atoms with E-state index in [-0.39, 0.29) is 5.91 Å². The molecule has 4 heteroatoms. The number of anilines is 1. The SMILES string of the molecule is CCNc1cccc(C(=O)NC2CCCC2)n1. The third kappa shape index (κ3) is 3.19. The van der Waals surface area contributed by atoms with Crippen LogP contribution in [0.3, 0.4) is 0 Å². The topological polar surface area (TPSA) is 54.0 Å². The van der Waals surface area contributed by atoms with Crippen LogP contribution in [0.4, 0.5) is 5.82 Å². The van der Waals surface area contributed by atoms with E-state index in [2.05, 4.69) is 15.6 Å². The van der Waals surface area contributed by atoms with Crippen molar-refractivity contribution in [1.82, 2.24) is 10.3 Å². The summed E-state index contributed by atoms with van der Waals surface area (Å²) in [6.45, 7) is 2.81. The molecule has 0 bridgehead atoms. The summed E-state index contributed by atoms with van der Waals surface area (Å²) in [6.07, 6.45) is 4.63. The van der Waals surface area contributed by atoms with Gasteiger partial charge in [-0.2, -0.15) is 0 Å². The standard InChI is InChI=1S/C13H19N3O/c1-2-14-12-9-5-8-11(16-12)13(17)15-10-6-3-4-7-10/h5,8-10H,2-4,6-7H2,1H3,(H,14,16)(H,15,17). The minimum atomic E-state index is -0.0587. The lowest BCUT2D eigenvalue weighted by Crippen LogP contribution is -2.33. The molecule has 0 atom stereocenters. The van der Waals surface area contributed by atoms with E-state index < -0.39 is 0 Å². The Hall–Kier alpha value is -1.58. The highest BCUT2D eigenvalue weighted by Gasteiger charge is 2.18. The molecular weight excluding hydrogens is 214 g/mol. The van der Waals surface area contributed by atoms with Gasteiger partial charge < -0.3 is 10.6 Å². The van der Waals surface area contributed by atoms with E-state index in [1.54, 1.807) is 6.07 Å². The fraction of sp³-hybridized carbons (Fsp3) is 0.538. The van der Waals surface area contributed by atoms with Gasteiger partial charge >= 0.3 is 0 Å². The molecule has 2 N–H and O–H groups in total. The Morgan fingerprint density at radius 1 is 1.41 bits per heavy atom. The van der Waals surface area contributed by atoms with Gasteiger partial charge in [-0.25, -0.2) is 4.98 Å². The first-order valence-corrected chi connectivity index (χ1v) is 6.31. The summed E-state index contributed by atoms with van der Waals surface area (Å²) in [4.78, 5) is 16.2. The van der Waals surface area contributed by atoms with E-state index in [0.717, 1.165) is 25.2 Å². The first kappa shape index (κ1) is 11.9. The zero-order chi connectivity index (χ0) is 12.1. The number of rotatable bonds is 4. The minimum Gasteiger partial charge on any atom is -0.370 e. The van der Waals surface area contributed by atoms with Crippen molar-refractivity contribution in [3.8, 4) is 0 Å². The van der Waals surface area contributed by atoms with E-state index in [4.69, 9.17) is 0 Å². The van der Waals surface area contributed by atoms with Crippen LogP contribution in [-0.4, -0.2) is 23.5 Å². The molecule has 1 amide bonds. The molecule has 0 aromatic carbocycles. The Labute approximate surface area is 102 Å². The van der Waals surface area contributed by atoms with Gasteiger partial charge in [0.05, 0.1) is 0 Å². The van der Waals surface area contributed by atoms with Gasteiger partial charge in [-0.05, 0) is 31.9 Å². The largest absolute Gasteiger partial charge is 0.370 e. The number of nitrogens with zero attached hydrogens (tertiary/aromatic N) is 1. The van der Waals surface area contributed by atoms with Crippen LogP contribution < -0.4 is 10.6 Å². The zero-order valence-electron chi connectivity index (χ0n) is 10.2. The molecule has 1 aromatic rings. The first-order chi connectivity index (χ1) is 8.29. The number of aromatic nitrogens is 1. The molecule has 4 nitrogen and oxygen atoms in total. The number of pyridine rings is 1. The van der Waals surface area contributed by atoms with E-state index in [1.807, 2.05) is 19.1 Å². The summed E-state index contributed by atoms with van der Waals surface area (Å²) in [7, 11) is 0. The Kier molecular flexibility index (Phi) is 3.96. The second kappa shape index (κ2) is 5.66. The highest BCUT2D eigenvalue weighted by Crippen LogP contribution is 2.18. The van der Waals surface area contributed by atoms with Crippen molar-refractivity contribution >= 4 is 11.7 Å². The van der Waals surface area contributed by atoms with Crippen molar-refractivity contribution < 1.29 is 4.79 Å². The first-order valence-electron chi connectivity index (χ1n) is 6.31. The third-order valence-corrected chi connectivity index (χ3v) is 3.03. The number of nitrogens with one attached hydrogen (secondary N) is 2. The minimum absolute atomic E-state index is 0.0587. The predicted octanol–water partition coefficient (Wildman–Crippen LogP) is 2.19. The van der Waals surface area contributed by atoms with Crippen LogP contribution >= 0.6 is 0 Å². The maximum absolute atomic E-state index is 12.0. The third-order valence-electron chi connectivity index (χ3n) is 3.03. The summed E-state index contributed by atoms with van der Waals surface area (Å²) in [5.74, 6) is 0.697. The molecule has 1 aromatic heterocycles. The smallest absolute Gasteiger partial charge is 0.270 e. The molecular formula is C13H19N3O. The molecule has 1 heterocycles. The molecule has 0 radical (unpaired) electrons. The average Bonchev–Trinajstić information content (AvgIpc) is 2.83. The maximum Gasteiger partial charge on any atom is 0.270 e. The second-order valence-corrected chi connectivity index (χ2v) is 4.39. The van der Waals surface area contributed by atoms with Crippen molar-refractivity contribution in [2.24, 2.45) is 0 Å². The van der Waals surface area contributed by atoms with Crippen LogP contribution in [0.25, 0.3) is 0 Å². The van der Waals surface area contributed by atoms with Gasteiger partial charge in [-0.15, -0.1) is 0 Å².